The molecule has 1 fully saturated rings. The van der Waals surface area contributed by atoms with E-state index in [1.165, 1.54) is 0 Å². The molecule has 2 aliphatic rings. The van der Waals surface area contributed by atoms with Crippen molar-refractivity contribution in [2.45, 2.75) is 25.4 Å². The van der Waals surface area contributed by atoms with Crippen LogP contribution in [-0.2, 0) is 17.9 Å². The van der Waals surface area contributed by atoms with Gasteiger partial charge in [-0.25, -0.2) is 9.37 Å². The Morgan fingerprint density at radius 3 is 2.86 bits per heavy atom. The number of nitrogens with one attached hydrogen (secondary N) is 1. The molecule has 2 aliphatic heterocycles. The Kier molecular flexibility index (Phi) is 4.62. The molecule has 0 bridgehead atoms. The number of aromatic nitrogens is 2. The summed E-state index contributed by atoms with van der Waals surface area (Å²) in [5, 5.41) is 0. The van der Waals surface area contributed by atoms with Gasteiger partial charge in [0.15, 0.2) is 11.5 Å². The molecule has 5 rings (SSSR count). The summed E-state index contributed by atoms with van der Waals surface area (Å²) >= 11 is 0. The number of alkyl halides is 1. The van der Waals surface area contributed by atoms with E-state index in [0.717, 1.165) is 33.9 Å². The predicted molar refractivity (Wildman–Crippen MR) is 102 cm³/mol. The average molecular weight is 383 g/mol. The first kappa shape index (κ1) is 17.5. The number of rotatable bonds is 5. The van der Waals surface area contributed by atoms with Gasteiger partial charge >= 0.3 is 0 Å². The van der Waals surface area contributed by atoms with Gasteiger partial charge in [0.1, 0.15) is 37.9 Å². The first-order valence-electron chi connectivity index (χ1n) is 9.55. The number of aromatic amines is 1. The summed E-state index contributed by atoms with van der Waals surface area (Å²) in [6.07, 6.45) is -1.47. The average Bonchev–Trinajstić information content (AvgIpc) is 3.28. The molecule has 3 aromatic rings. The zero-order valence-corrected chi connectivity index (χ0v) is 15.4. The molecule has 6 nitrogen and oxygen atoms in total. The molecule has 1 aromatic heterocycles. The number of halogens is 1. The van der Waals surface area contributed by atoms with Gasteiger partial charge in [0.05, 0.1) is 11.0 Å². The van der Waals surface area contributed by atoms with Gasteiger partial charge in [0, 0.05) is 19.6 Å². The lowest BCUT2D eigenvalue weighted by molar-refractivity contribution is 0.00863. The Morgan fingerprint density at radius 2 is 1.96 bits per heavy atom. The van der Waals surface area contributed by atoms with E-state index in [1.54, 1.807) is 0 Å². The number of ether oxygens (including phenoxy) is 3. The first-order valence-corrected chi connectivity index (χ1v) is 9.55. The fourth-order valence-electron chi connectivity index (χ4n) is 3.80. The Balaban J connectivity index is 1.19. The van der Waals surface area contributed by atoms with Crippen LogP contribution in [0.25, 0.3) is 11.0 Å². The highest BCUT2D eigenvalue weighted by molar-refractivity contribution is 5.74. The standard InChI is InChI=1S/C21H22FN3O3/c22-15-11-25(10-14-5-6-18-19(9-14)27-8-7-26-18)12-20(15)28-13-21-23-16-3-1-2-4-17(16)24-21/h1-6,9,15,20H,7-8,10-13H2,(H,23,24). The number of para-hydroxylation sites is 2. The molecular weight excluding hydrogens is 361 g/mol. The second-order valence-corrected chi connectivity index (χ2v) is 7.24. The summed E-state index contributed by atoms with van der Waals surface area (Å²) in [5.74, 6) is 2.25. The number of benzene rings is 2. The van der Waals surface area contributed by atoms with Gasteiger partial charge in [-0.1, -0.05) is 18.2 Å². The highest BCUT2D eigenvalue weighted by Gasteiger charge is 2.34. The first-order chi connectivity index (χ1) is 13.7. The molecule has 0 saturated carbocycles. The van der Waals surface area contributed by atoms with E-state index >= 15 is 0 Å². The number of likely N-dealkylation sites (tertiary alicyclic amines) is 1. The van der Waals surface area contributed by atoms with Crippen molar-refractivity contribution in [1.82, 2.24) is 14.9 Å². The molecule has 2 atom stereocenters. The van der Waals surface area contributed by atoms with Crippen LogP contribution in [0, 0.1) is 0 Å². The second kappa shape index (κ2) is 7.41. The Labute approximate surface area is 162 Å². The minimum atomic E-state index is -1.01. The zero-order valence-electron chi connectivity index (χ0n) is 15.4. The topological polar surface area (TPSA) is 59.6 Å². The van der Waals surface area contributed by atoms with E-state index < -0.39 is 12.3 Å². The molecule has 0 amide bonds. The second-order valence-electron chi connectivity index (χ2n) is 7.24. The van der Waals surface area contributed by atoms with Crippen LogP contribution in [0.2, 0.25) is 0 Å². The molecular formula is C21H22FN3O3. The lowest BCUT2D eigenvalue weighted by Crippen LogP contribution is -2.24. The maximum absolute atomic E-state index is 14.5. The van der Waals surface area contributed by atoms with Crippen molar-refractivity contribution in [3.05, 3.63) is 53.9 Å². The van der Waals surface area contributed by atoms with Crippen LogP contribution in [0.3, 0.4) is 0 Å². The third kappa shape index (κ3) is 3.55. The van der Waals surface area contributed by atoms with E-state index in [0.29, 0.717) is 32.8 Å². The molecule has 0 aliphatic carbocycles. The molecule has 2 aromatic carbocycles. The van der Waals surface area contributed by atoms with Crippen LogP contribution in [0.15, 0.2) is 42.5 Å². The summed E-state index contributed by atoms with van der Waals surface area (Å²) in [7, 11) is 0. The van der Waals surface area contributed by atoms with Crippen molar-refractivity contribution in [2.24, 2.45) is 0 Å². The number of nitrogens with zero attached hydrogens (tertiary/aromatic N) is 2. The number of imidazole rings is 1. The van der Waals surface area contributed by atoms with Crippen molar-refractivity contribution in [3.63, 3.8) is 0 Å². The maximum Gasteiger partial charge on any atom is 0.161 e. The molecule has 0 radical (unpaired) electrons. The number of hydrogen-bond acceptors (Lipinski definition) is 5. The molecule has 1 N–H and O–H groups in total. The fourth-order valence-corrected chi connectivity index (χ4v) is 3.80. The summed E-state index contributed by atoms with van der Waals surface area (Å²) in [6.45, 7) is 2.98. The minimum Gasteiger partial charge on any atom is -0.486 e. The number of H-pyrrole nitrogens is 1. The maximum atomic E-state index is 14.5. The van der Waals surface area contributed by atoms with E-state index in [1.807, 2.05) is 42.5 Å². The lowest BCUT2D eigenvalue weighted by Gasteiger charge is -2.20. The minimum absolute atomic E-state index is 0.275. The van der Waals surface area contributed by atoms with Crippen molar-refractivity contribution < 1.29 is 18.6 Å². The lowest BCUT2D eigenvalue weighted by atomic mass is 10.2. The normalized spacial score (nSPS) is 22.0. The summed E-state index contributed by atoms with van der Waals surface area (Å²) in [6, 6.07) is 13.7. The monoisotopic (exact) mass is 383 g/mol. The predicted octanol–water partition coefficient (Wildman–Crippen LogP) is 3.07. The van der Waals surface area contributed by atoms with Gasteiger partial charge < -0.3 is 19.2 Å². The van der Waals surface area contributed by atoms with Gasteiger partial charge in [0.25, 0.3) is 0 Å². The van der Waals surface area contributed by atoms with Crippen molar-refractivity contribution in [2.75, 3.05) is 26.3 Å². The van der Waals surface area contributed by atoms with Crippen LogP contribution in [0.4, 0.5) is 4.39 Å². The van der Waals surface area contributed by atoms with Crippen LogP contribution in [0.1, 0.15) is 11.4 Å². The van der Waals surface area contributed by atoms with Gasteiger partial charge in [-0.3, -0.25) is 4.90 Å². The van der Waals surface area contributed by atoms with Crippen molar-refractivity contribution >= 4 is 11.0 Å². The fraction of sp³-hybridized carbons (Fsp3) is 0.381. The van der Waals surface area contributed by atoms with E-state index in [-0.39, 0.29) is 6.61 Å². The van der Waals surface area contributed by atoms with Gasteiger partial charge in [-0.15, -0.1) is 0 Å². The highest BCUT2D eigenvalue weighted by Crippen LogP contribution is 2.31. The Bertz CT molecular complexity index is 943. The molecule has 0 spiro atoms. The van der Waals surface area contributed by atoms with Crippen LogP contribution in [0.5, 0.6) is 11.5 Å². The highest BCUT2D eigenvalue weighted by atomic mass is 19.1. The summed E-state index contributed by atoms with van der Waals surface area (Å²) < 4.78 is 31.5. The SMILES string of the molecule is FC1CN(Cc2ccc3c(c2)OCCO3)CC1OCc1nc2ccccc2[nH]1. The largest absolute Gasteiger partial charge is 0.486 e. The Hall–Kier alpha value is -2.64. The molecule has 7 heteroatoms. The molecule has 1 saturated heterocycles. The zero-order chi connectivity index (χ0) is 18.9. The van der Waals surface area contributed by atoms with E-state index in [9.17, 15) is 4.39 Å². The van der Waals surface area contributed by atoms with Crippen molar-refractivity contribution in [3.8, 4) is 11.5 Å². The molecule has 28 heavy (non-hydrogen) atoms. The third-order valence-electron chi connectivity index (χ3n) is 5.16. The van der Waals surface area contributed by atoms with Crippen molar-refractivity contribution in [1.29, 1.82) is 0 Å². The summed E-state index contributed by atoms with van der Waals surface area (Å²) in [5.41, 5.74) is 2.93. The molecule has 2 unspecified atom stereocenters. The van der Waals surface area contributed by atoms with Crippen LogP contribution in [-0.4, -0.2) is 53.4 Å². The van der Waals surface area contributed by atoms with Gasteiger partial charge in [-0.2, -0.15) is 0 Å². The van der Waals surface area contributed by atoms with Crippen LogP contribution < -0.4 is 9.47 Å². The number of fused-ring (bicyclic) bond motifs is 2. The quantitative estimate of drug-likeness (QED) is 0.734. The van der Waals surface area contributed by atoms with Gasteiger partial charge in [-0.05, 0) is 29.8 Å². The molecule has 146 valence electrons. The summed E-state index contributed by atoms with van der Waals surface area (Å²) in [4.78, 5) is 9.77. The number of hydrogen-bond donors (Lipinski definition) is 1. The Morgan fingerprint density at radius 1 is 1.11 bits per heavy atom. The smallest absolute Gasteiger partial charge is 0.161 e. The van der Waals surface area contributed by atoms with Gasteiger partial charge in [0.2, 0.25) is 0 Å². The van der Waals surface area contributed by atoms with Crippen LogP contribution >= 0.6 is 0 Å². The van der Waals surface area contributed by atoms with E-state index in [2.05, 4.69) is 14.9 Å². The third-order valence-corrected chi connectivity index (χ3v) is 5.16. The molecule has 3 heterocycles. The van der Waals surface area contributed by atoms with E-state index in [4.69, 9.17) is 14.2 Å².